The standard InChI is InChI=1S/C20H31N7/c1-14(2)26-12-15(3)18(13-26)25-20(21-5)24-11-17-6-7-19(23-10-17)27-9-8-22-16(27)4/h6-10,14-15,18H,11-13H2,1-5H3,(H2,21,24,25). The summed E-state index contributed by atoms with van der Waals surface area (Å²) in [6.45, 7) is 11.6. The number of likely N-dealkylation sites (tertiary alicyclic amines) is 1. The number of nitrogens with zero attached hydrogens (tertiary/aromatic N) is 5. The summed E-state index contributed by atoms with van der Waals surface area (Å²) >= 11 is 0. The lowest BCUT2D eigenvalue weighted by Crippen LogP contribution is -2.46. The Morgan fingerprint density at radius 2 is 2.11 bits per heavy atom. The zero-order valence-corrected chi connectivity index (χ0v) is 17.0. The van der Waals surface area contributed by atoms with E-state index >= 15 is 0 Å². The van der Waals surface area contributed by atoms with Gasteiger partial charge in [-0.15, -0.1) is 0 Å². The maximum atomic E-state index is 4.55. The summed E-state index contributed by atoms with van der Waals surface area (Å²) in [5.41, 5.74) is 1.11. The number of aryl methyl sites for hydroxylation is 1. The lowest BCUT2D eigenvalue weighted by Gasteiger charge is -2.22. The minimum absolute atomic E-state index is 0.420. The zero-order chi connectivity index (χ0) is 19.4. The summed E-state index contributed by atoms with van der Waals surface area (Å²) < 4.78 is 1.97. The molecule has 0 amide bonds. The van der Waals surface area contributed by atoms with Gasteiger partial charge in [-0.2, -0.15) is 0 Å². The number of rotatable bonds is 5. The van der Waals surface area contributed by atoms with Gasteiger partial charge in [0.25, 0.3) is 0 Å². The summed E-state index contributed by atoms with van der Waals surface area (Å²) in [6, 6.07) is 5.10. The first kappa shape index (κ1) is 19.4. The third kappa shape index (κ3) is 4.66. The van der Waals surface area contributed by atoms with Gasteiger partial charge in [-0.25, -0.2) is 9.97 Å². The molecule has 7 heteroatoms. The first-order chi connectivity index (χ1) is 13.0. The number of imidazole rings is 1. The number of guanidine groups is 1. The van der Waals surface area contributed by atoms with Crippen LogP contribution in [-0.2, 0) is 6.54 Å². The summed E-state index contributed by atoms with van der Waals surface area (Å²) in [4.78, 5) is 15.7. The Morgan fingerprint density at radius 1 is 1.30 bits per heavy atom. The van der Waals surface area contributed by atoms with Crippen molar-refractivity contribution in [3.05, 3.63) is 42.1 Å². The highest BCUT2D eigenvalue weighted by Gasteiger charge is 2.31. The quantitative estimate of drug-likeness (QED) is 0.623. The summed E-state index contributed by atoms with van der Waals surface area (Å²) in [7, 11) is 1.82. The lowest BCUT2D eigenvalue weighted by atomic mass is 10.1. The number of nitrogens with one attached hydrogen (secondary N) is 2. The van der Waals surface area contributed by atoms with Crippen molar-refractivity contribution < 1.29 is 0 Å². The van der Waals surface area contributed by atoms with Crippen LogP contribution < -0.4 is 10.6 Å². The molecule has 2 unspecified atom stereocenters. The third-order valence-corrected chi connectivity index (χ3v) is 5.26. The number of aromatic nitrogens is 3. The van der Waals surface area contributed by atoms with Crippen molar-refractivity contribution in [2.75, 3.05) is 20.1 Å². The van der Waals surface area contributed by atoms with Gasteiger partial charge in [-0.3, -0.25) is 14.5 Å². The average molecular weight is 370 g/mol. The van der Waals surface area contributed by atoms with Crippen molar-refractivity contribution >= 4 is 5.96 Å². The van der Waals surface area contributed by atoms with Crippen LogP contribution in [-0.4, -0.2) is 57.6 Å². The van der Waals surface area contributed by atoms with Gasteiger partial charge in [0, 0.05) is 57.4 Å². The fourth-order valence-corrected chi connectivity index (χ4v) is 3.45. The molecule has 1 fully saturated rings. The van der Waals surface area contributed by atoms with Gasteiger partial charge in [0.1, 0.15) is 11.6 Å². The number of aliphatic imine (C=N–C) groups is 1. The van der Waals surface area contributed by atoms with E-state index < -0.39 is 0 Å². The molecule has 0 aromatic carbocycles. The molecule has 3 heterocycles. The third-order valence-electron chi connectivity index (χ3n) is 5.26. The summed E-state index contributed by atoms with van der Waals surface area (Å²) in [5.74, 6) is 3.25. The highest BCUT2D eigenvalue weighted by molar-refractivity contribution is 5.80. The fourth-order valence-electron chi connectivity index (χ4n) is 3.45. The Hall–Kier alpha value is -2.41. The van der Waals surface area contributed by atoms with Crippen molar-refractivity contribution in [3.63, 3.8) is 0 Å². The molecular weight excluding hydrogens is 338 g/mol. The molecule has 0 spiro atoms. The predicted molar refractivity (Wildman–Crippen MR) is 109 cm³/mol. The van der Waals surface area contributed by atoms with E-state index in [0.717, 1.165) is 36.3 Å². The van der Waals surface area contributed by atoms with E-state index in [1.54, 1.807) is 6.20 Å². The minimum Gasteiger partial charge on any atom is -0.352 e. The molecule has 2 atom stereocenters. The maximum absolute atomic E-state index is 4.55. The molecular formula is C20H31N7. The second-order valence-electron chi connectivity index (χ2n) is 7.57. The molecule has 2 N–H and O–H groups in total. The molecule has 27 heavy (non-hydrogen) atoms. The zero-order valence-electron chi connectivity index (χ0n) is 17.0. The lowest BCUT2D eigenvalue weighted by molar-refractivity contribution is 0.265. The van der Waals surface area contributed by atoms with E-state index in [4.69, 9.17) is 0 Å². The summed E-state index contributed by atoms with van der Waals surface area (Å²) in [6.07, 6.45) is 5.60. The van der Waals surface area contributed by atoms with E-state index in [1.165, 1.54) is 0 Å². The van der Waals surface area contributed by atoms with Crippen LogP contribution in [0.25, 0.3) is 5.82 Å². The molecule has 0 aliphatic carbocycles. The van der Waals surface area contributed by atoms with Crippen molar-refractivity contribution in [1.82, 2.24) is 30.1 Å². The van der Waals surface area contributed by atoms with Crippen molar-refractivity contribution in [1.29, 1.82) is 0 Å². The van der Waals surface area contributed by atoms with Gasteiger partial charge >= 0.3 is 0 Å². The number of hydrogen-bond donors (Lipinski definition) is 2. The van der Waals surface area contributed by atoms with E-state index in [2.05, 4.69) is 57.3 Å². The van der Waals surface area contributed by atoms with Crippen LogP contribution in [0.5, 0.6) is 0 Å². The van der Waals surface area contributed by atoms with Crippen LogP contribution in [0.1, 0.15) is 32.2 Å². The second-order valence-corrected chi connectivity index (χ2v) is 7.57. The Labute approximate surface area is 161 Å². The minimum atomic E-state index is 0.420. The van der Waals surface area contributed by atoms with Crippen molar-refractivity contribution in [2.45, 2.75) is 46.3 Å². The van der Waals surface area contributed by atoms with Gasteiger partial charge in [0.15, 0.2) is 5.96 Å². The second kappa shape index (κ2) is 8.52. The SMILES string of the molecule is CN=C(NCc1ccc(-n2ccnc2C)nc1)NC1CN(C(C)C)CC1C. The highest BCUT2D eigenvalue weighted by Crippen LogP contribution is 2.18. The van der Waals surface area contributed by atoms with Gasteiger partial charge in [-0.1, -0.05) is 13.0 Å². The molecule has 2 aromatic heterocycles. The Bertz CT molecular complexity index is 763. The Morgan fingerprint density at radius 3 is 2.67 bits per heavy atom. The monoisotopic (exact) mass is 369 g/mol. The van der Waals surface area contributed by atoms with E-state index in [0.29, 0.717) is 24.5 Å². The average Bonchev–Trinajstić information content (AvgIpc) is 3.25. The molecule has 7 nitrogen and oxygen atoms in total. The predicted octanol–water partition coefficient (Wildman–Crippen LogP) is 1.97. The number of pyridine rings is 1. The van der Waals surface area contributed by atoms with E-state index in [1.807, 2.05) is 37.0 Å². The topological polar surface area (TPSA) is 70.4 Å². The maximum Gasteiger partial charge on any atom is 0.191 e. The van der Waals surface area contributed by atoms with Gasteiger partial charge in [0.2, 0.25) is 0 Å². The van der Waals surface area contributed by atoms with Crippen LogP contribution in [0.3, 0.4) is 0 Å². The van der Waals surface area contributed by atoms with Crippen LogP contribution in [0.4, 0.5) is 0 Å². The Kier molecular flexibility index (Phi) is 6.11. The first-order valence-corrected chi connectivity index (χ1v) is 9.64. The largest absolute Gasteiger partial charge is 0.352 e. The Balaban J connectivity index is 1.55. The molecule has 146 valence electrons. The van der Waals surface area contributed by atoms with Gasteiger partial charge in [0.05, 0.1) is 0 Å². The van der Waals surface area contributed by atoms with Crippen LogP contribution in [0.2, 0.25) is 0 Å². The van der Waals surface area contributed by atoms with Crippen LogP contribution in [0.15, 0.2) is 35.7 Å². The normalized spacial score (nSPS) is 21.0. The molecule has 1 aliphatic rings. The fraction of sp³-hybridized carbons (Fsp3) is 0.550. The van der Waals surface area contributed by atoms with Crippen LogP contribution in [0, 0.1) is 12.8 Å². The van der Waals surface area contributed by atoms with E-state index in [9.17, 15) is 0 Å². The summed E-state index contributed by atoms with van der Waals surface area (Å²) in [5, 5.41) is 6.98. The molecule has 2 aromatic rings. The molecule has 1 aliphatic heterocycles. The number of hydrogen-bond acceptors (Lipinski definition) is 4. The molecule has 0 radical (unpaired) electrons. The van der Waals surface area contributed by atoms with Crippen LogP contribution >= 0.6 is 0 Å². The van der Waals surface area contributed by atoms with Gasteiger partial charge < -0.3 is 10.6 Å². The molecule has 0 bridgehead atoms. The molecule has 1 saturated heterocycles. The molecule has 0 saturated carbocycles. The van der Waals surface area contributed by atoms with Crippen molar-refractivity contribution in [3.8, 4) is 5.82 Å². The molecule has 3 rings (SSSR count). The van der Waals surface area contributed by atoms with Crippen molar-refractivity contribution in [2.24, 2.45) is 10.9 Å². The highest BCUT2D eigenvalue weighted by atomic mass is 15.3. The van der Waals surface area contributed by atoms with Gasteiger partial charge in [-0.05, 0) is 38.3 Å². The van der Waals surface area contributed by atoms with E-state index in [-0.39, 0.29) is 0 Å². The first-order valence-electron chi connectivity index (χ1n) is 9.64. The smallest absolute Gasteiger partial charge is 0.191 e.